The monoisotopic (exact) mass is 289 g/mol. The second kappa shape index (κ2) is 7.92. The van der Waals surface area contributed by atoms with E-state index in [1.54, 1.807) is 0 Å². The van der Waals surface area contributed by atoms with E-state index in [0.29, 0.717) is 11.8 Å². The zero-order valence-electron chi connectivity index (χ0n) is 13.9. The first-order valence-electron chi connectivity index (χ1n) is 8.32. The highest BCUT2D eigenvalue weighted by molar-refractivity contribution is 5.24. The van der Waals surface area contributed by atoms with E-state index in [1.165, 1.54) is 37.3 Å². The van der Waals surface area contributed by atoms with Gasteiger partial charge in [-0.1, -0.05) is 45.0 Å². The molecule has 0 saturated carbocycles. The minimum Gasteiger partial charge on any atom is -0.330 e. The highest BCUT2D eigenvalue weighted by Crippen LogP contribution is 2.16. The summed E-state index contributed by atoms with van der Waals surface area (Å²) >= 11 is 0. The first-order valence-corrected chi connectivity index (χ1v) is 8.32. The predicted molar refractivity (Wildman–Crippen MR) is 90.5 cm³/mol. The Labute approximate surface area is 130 Å². The molecule has 0 bridgehead atoms. The van der Waals surface area contributed by atoms with Crippen LogP contribution in [-0.2, 0) is 6.54 Å². The van der Waals surface area contributed by atoms with Gasteiger partial charge in [0, 0.05) is 39.3 Å². The third-order valence-electron chi connectivity index (χ3n) is 4.49. The molecule has 21 heavy (non-hydrogen) atoms. The Morgan fingerprint density at radius 1 is 0.952 bits per heavy atom. The zero-order chi connectivity index (χ0) is 15.2. The molecule has 0 aliphatic carbocycles. The molecule has 1 saturated heterocycles. The van der Waals surface area contributed by atoms with Crippen molar-refractivity contribution in [2.75, 3.05) is 39.3 Å². The van der Waals surface area contributed by atoms with E-state index in [-0.39, 0.29) is 0 Å². The van der Waals surface area contributed by atoms with Crippen LogP contribution >= 0.6 is 0 Å². The normalized spacial score (nSPS) is 19.1. The first-order chi connectivity index (χ1) is 10.1. The molecule has 1 heterocycles. The molecule has 3 heteroatoms. The van der Waals surface area contributed by atoms with E-state index in [2.05, 4.69) is 54.8 Å². The SMILES string of the molecule is CC(CN)CN1CCN(Cc2ccc(C(C)C)cc2)CC1. The van der Waals surface area contributed by atoms with Crippen LogP contribution in [0.15, 0.2) is 24.3 Å². The van der Waals surface area contributed by atoms with Crippen LogP contribution in [0.5, 0.6) is 0 Å². The third kappa shape index (κ3) is 5.10. The summed E-state index contributed by atoms with van der Waals surface area (Å²) in [6.07, 6.45) is 0. The lowest BCUT2D eigenvalue weighted by molar-refractivity contribution is 0.116. The topological polar surface area (TPSA) is 32.5 Å². The molecule has 1 aromatic rings. The number of rotatable bonds is 6. The highest BCUT2D eigenvalue weighted by atomic mass is 15.3. The van der Waals surface area contributed by atoms with Crippen LogP contribution in [0.2, 0.25) is 0 Å². The van der Waals surface area contributed by atoms with Crippen molar-refractivity contribution in [1.82, 2.24) is 9.80 Å². The van der Waals surface area contributed by atoms with Crippen LogP contribution in [0, 0.1) is 5.92 Å². The van der Waals surface area contributed by atoms with E-state index in [4.69, 9.17) is 5.73 Å². The molecular formula is C18H31N3. The second-order valence-electron chi connectivity index (χ2n) is 6.81. The highest BCUT2D eigenvalue weighted by Gasteiger charge is 2.18. The number of nitrogens with two attached hydrogens (primary N) is 1. The van der Waals surface area contributed by atoms with E-state index in [1.807, 2.05) is 0 Å². The molecule has 0 spiro atoms. The molecule has 118 valence electrons. The van der Waals surface area contributed by atoms with E-state index in [0.717, 1.165) is 19.6 Å². The number of piperazine rings is 1. The van der Waals surface area contributed by atoms with Gasteiger partial charge in [-0.15, -0.1) is 0 Å². The van der Waals surface area contributed by atoms with Gasteiger partial charge in [0.05, 0.1) is 0 Å². The first kappa shape index (κ1) is 16.5. The van der Waals surface area contributed by atoms with Gasteiger partial charge >= 0.3 is 0 Å². The average molecular weight is 289 g/mol. The maximum Gasteiger partial charge on any atom is 0.0234 e. The Bertz CT molecular complexity index is 405. The van der Waals surface area contributed by atoms with Gasteiger partial charge in [0.15, 0.2) is 0 Å². The fourth-order valence-corrected chi connectivity index (χ4v) is 2.91. The van der Waals surface area contributed by atoms with Gasteiger partial charge in [0.2, 0.25) is 0 Å². The van der Waals surface area contributed by atoms with Gasteiger partial charge in [-0.05, 0) is 29.5 Å². The van der Waals surface area contributed by atoms with Crippen LogP contribution in [0.3, 0.4) is 0 Å². The number of nitrogens with zero attached hydrogens (tertiary/aromatic N) is 2. The summed E-state index contributed by atoms with van der Waals surface area (Å²) in [5.41, 5.74) is 8.58. The zero-order valence-corrected chi connectivity index (χ0v) is 13.9. The van der Waals surface area contributed by atoms with Crippen molar-refractivity contribution in [2.45, 2.75) is 33.2 Å². The van der Waals surface area contributed by atoms with E-state index in [9.17, 15) is 0 Å². The predicted octanol–water partition coefficient (Wildman–Crippen LogP) is 2.52. The summed E-state index contributed by atoms with van der Waals surface area (Å²) in [5, 5.41) is 0. The fraction of sp³-hybridized carbons (Fsp3) is 0.667. The minimum atomic E-state index is 0.611. The molecule has 2 N–H and O–H groups in total. The maximum atomic E-state index is 5.71. The largest absolute Gasteiger partial charge is 0.330 e. The molecule has 1 aliphatic heterocycles. The van der Waals surface area contributed by atoms with Crippen molar-refractivity contribution in [3.8, 4) is 0 Å². The number of hydrogen-bond donors (Lipinski definition) is 1. The molecule has 1 fully saturated rings. The Kier molecular flexibility index (Phi) is 6.22. The molecule has 3 nitrogen and oxygen atoms in total. The molecule has 1 unspecified atom stereocenters. The van der Waals surface area contributed by atoms with Crippen molar-refractivity contribution < 1.29 is 0 Å². The molecule has 0 radical (unpaired) electrons. The fourth-order valence-electron chi connectivity index (χ4n) is 2.91. The quantitative estimate of drug-likeness (QED) is 0.873. The van der Waals surface area contributed by atoms with Crippen LogP contribution < -0.4 is 5.73 Å². The van der Waals surface area contributed by atoms with E-state index >= 15 is 0 Å². The summed E-state index contributed by atoms with van der Waals surface area (Å²) in [4.78, 5) is 5.11. The smallest absolute Gasteiger partial charge is 0.0234 e. The summed E-state index contributed by atoms with van der Waals surface area (Å²) in [6.45, 7) is 14.4. The Balaban J connectivity index is 1.78. The maximum absolute atomic E-state index is 5.71. The van der Waals surface area contributed by atoms with Crippen molar-refractivity contribution in [3.05, 3.63) is 35.4 Å². The molecule has 1 aliphatic rings. The van der Waals surface area contributed by atoms with Gasteiger partial charge in [0.25, 0.3) is 0 Å². The van der Waals surface area contributed by atoms with Gasteiger partial charge in [-0.2, -0.15) is 0 Å². The third-order valence-corrected chi connectivity index (χ3v) is 4.49. The summed E-state index contributed by atoms with van der Waals surface area (Å²) in [5.74, 6) is 1.23. The van der Waals surface area contributed by atoms with Crippen molar-refractivity contribution >= 4 is 0 Å². The minimum absolute atomic E-state index is 0.611. The van der Waals surface area contributed by atoms with Crippen molar-refractivity contribution in [1.29, 1.82) is 0 Å². The number of benzene rings is 1. The lowest BCUT2D eigenvalue weighted by Crippen LogP contribution is -2.47. The Morgan fingerprint density at radius 2 is 1.52 bits per heavy atom. The Morgan fingerprint density at radius 3 is 2.05 bits per heavy atom. The van der Waals surface area contributed by atoms with E-state index < -0.39 is 0 Å². The van der Waals surface area contributed by atoms with Gasteiger partial charge in [-0.25, -0.2) is 0 Å². The van der Waals surface area contributed by atoms with Gasteiger partial charge in [0.1, 0.15) is 0 Å². The molecule has 0 aromatic heterocycles. The van der Waals surface area contributed by atoms with Crippen molar-refractivity contribution in [2.24, 2.45) is 11.7 Å². The summed E-state index contributed by atoms with van der Waals surface area (Å²) in [6, 6.07) is 9.13. The van der Waals surface area contributed by atoms with Crippen LogP contribution in [0.1, 0.15) is 37.8 Å². The van der Waals surface area contributed by atoms with Crippen molar-refractivity contribution in [3.63, 3.8) is 0 Å². The van der Waals surface area contributed by atoms with Crippen LogP contribution in [0.25, 0.3) is 0 Å². The van der Waals surface area contributed by atoms with Crippen LogP contribution in [-0.4, -0.2) is 49.1 Å². The summed E-state index contributed by atoms with van der Waals surface area (Å²) < 4.78 is 0. The summed E-state index contributed by atoms with van der Waals surface area (Å²) in [7, 11) is 0. The average Bonchev–Trinajstić information content (AvgIpc) is 2.49. The van der Waals surface area contributed by atoms with Gasteiger partial charge < -0.3 is 10.6 Å². The standard InChI is InChI=1S/C18H31N3/c1-15(2)18-6-4-17(5-7-18)14-21-10-8-20(9-11-21)13-16(3)12-19/h4-7,15-16H,8-14,19H2,1-3H3. The molecule has 0 amide bonds. The van der Waals surface area contributed by atoms with Gasteiger partial charge in [-0.3, -0.25) is 4.90 Å². The lowest BCUT2D eigenvalue weighted by Gasteiger charge is -2.35. The van der Waals surface area contributed by atoms with Crippen LogP contribution in [0.4, 0.5) is 0 Å². The Hall–Kier alpha value is -0.900. The number of hydrogen-bond acceptors (Lipinski definition) is 3. The molecule has 2 rings (SSSR count). The second-order valence-corrected chi connectivity index (χ2v) is 6.81. The molecule has 1 aromatic carbocycles. The molecule has 1 atom stereocenters. The molecular weight excluding hydrogens is 258 g/mol. The lowest BCUT2D eigenvalue weighted by atomic mass is 10.0.